The minimum absolute atomic E-state index is 0.0220. The number of benzene rings is 3. The van der Waals surface area contributed by atoms with Gasteiger partial charge in [0.15, 0.2) is 0 Å². The van der Waals surface area contributed by atoms with Crippen LogP contribution in [-0.4, -0.2) is 11.0 Å². The molecule has 1 amide bonds. The molecule has 3 aliphatic rings. The minimum Gasteiger partial charge on any atom is -0.508 e. The second kappa shape index (κ2) is 8.27. The highest BCUT2D eigenvalue weighted by atomic mass is 16.3. The van der Waals surface area contributed by atoms with Crippen molar-refractivity contribution in [2.75, 3.05) is 0 Å². The number of phenols is 1. The summed E-state index contributed by atoms with van der Waals surface area (Å²) in [6.07, 6.45) is 12.7. The number of rotatable bonds is 0. The van der Waals surface area contributed by atoms with Gasteiger partial charge < -0.3 is 10.4 Å². The van der Waals surface area contributed by atoms with Crippen LogP contribution in [0.4, 0.5) is 0 Å². The van der Waals surface area contributed by atoms with Gasteiger partial charge in [0.2, 0.25) is 5.91 Å². The van der Waals surface area contributed by atoms with Crippen molar-refractivity contribution >= 4 is 24.1 Å². The van der Waals surface area contributed by atoms with E-state index in [1.807, 2.05) is 42.5 Å². The van der Waals surface area contributed by atoms with Crippen molar-refractivity contribution in [3.05, 3.63) is 104 Å². The van der Waals surface area contributed by atoms with E-state index < -0.39 is 0 Å². The number of carbonyl (C=O) groups is 1. The summed E-state index contributed by atoms with van der Waals surface area (Å²) in [5, 5.41) is 17.6. The lowest BCUT2D eigenvalue weighted by atomic mass is 9.89. The van der Waals surface area contributed by atoms with Gasteiger partial charge in [-0.05, 0) is 87.0 Å². The van der Waals surface area contributed by atoms with Crippen LogP contribution < -0.4 is 15.8 Å². The molecule has 3 aromatic carbocycles. The molecule has 154 valence electrons. The average Bonchev–Trinajstić information content (AvgIpc) is 3.00. The fraction of sp³-hybridized carbons (Fsp3) is 0.179. The van der Waals surface area contributed by atoms with E-state index in [0.717, 1.165) is 17.2 Å². The van der Waals surface area contributed by atoms with Crippen molar-refractivity contribution < 1.29 is 9.90 Å². The quantitative estimate of drug-likeness (QED) is 0.600. The Kier molecular flexibility index (Phi) is 5.17. The van der Waals surface area contributed by atoms with E-state index >= 15 is 0 Å². The summed E-state index contributed by atoms with van der Waals surface area (Å²) in [5.41, 5.74) is 5.32. The van der Waals surface area contributed by atoms with Crippen molar-refractivity contribution in [1.29, 1.82) is 0 Å². The number of hydrogen-bond acceptors (Lipinski definition) is 2. The number of amides is 1. The predicted molar refractivity (Wildman–Crippen MR) is 124 cm³/mol. The van der Waals surface area contributed by atoms with Gasteiger partial charge in [0.1, 0.15) is 5.75 Å². The fourth-order valence-corrected chi connectivity index (χ4v) is 4.66. The van der Waals surface area contributed by atoms with E-state index in [9.17, 15) is 9.90 Å². The summed E-state index contributed by atoms with van der Waals surface area (Å²) < 4.78 is 0. The van der Waals surface area contributed by atoms with Crippen LogP contribution in [0.1, 0.15) is 35.1 Å². The number of carbonyl (C=O) groups excluding carboxylic acids is 1. The summed E-state index contributed by atoms with van der Waals surface area (Å²) in [6, 6.07) is 18.2. The zero-order valence-corrected chi connectivity index (χ0v) is 17.4. The van der Waals surface area contributed by atoms with E-state index in [4.69, 9.17) is 0 Å². The van der Waals surface area contributed by atoms with Crippen LogP contribution in [0, 0.1) is 10.4 Å². The Balaban J connectivity index is 0.000000147. The first kappa shape index (κ1) is 19.4. The molecule has 0 fully saturated rings. The van der Waals surface area contributed by atoms with Gasteiger partial charge in [-0.1, -0.05) is 54.6 Å². The molecule has 1 aliphatic heterocycles. The minimum atomic E-state index is -0.0220. The summed E-state index contributed by atoms with van der Waals surface area (Å²) >= 11 is 0. The van der Waals surface area contributed by atoms with E-state index in [2.05, 4.69) is 29.6 Å². The first-order valence-corrected chi connectivity index (χ1v) is 10.9. The summed E-state index contributed by atoms with van der Waals surface area (Å²) in [5.74, 6) is 0.330. The van der Waals surface area contributed by atoms with Crippen LogP contribution >= 0.6 is 0 Å². The molecule has 6 rings (SSSR count). The molecule has 0 unspecified atom stereocenters. The molecule has 2 aliphatic carbocycles. The molecule has 0 radical (unpaired) electrons. The smallest absolute Gasteiger partial charge is 0.244 e. The van der Waals surface area contributed by atoms with Gasteiger partial charge in [-0.15, -0.1) is 0 Å². The van der Waals surface area contributed by atoms with Crippen LogP contribution in [0.5, 0.6) is 5.75 Å². The molecule has 0 spiro atoms. The topological polar surface area (TPSA) is 49.3 Å². The van der Waals surface area contributed by atoms with Gasteiger partial charge in [0.25, 0.3) is 0 Å². The molecular weight excluding hydrogens is 382 g/mol. The molecule has 0 saturated heterocycles. The van der Waals surface area contributed by atoms with Crippen LogP contribution in [-0.2, 0) is 24.2 Å². The molecule has 3 aromatic rings. The Bertz CT molecular complexity index is 1420. The zero-order chi connectivity index (χ0) is 21.2. The average molecular weight is 408 g/mol. The Morgan fingerprint density at radius 3 is 2.65 bits per heavy atom. The van der Waals surface area contributed by atoms with Crippen molar-refractivity contribution in [2.24, 2.45) is 0 Å². The summed E-state index contributed by atoms with van der Waals surface area (Å²) in [4.78, 5) is 11.0. The molecule has 3 nitrogen and oxygen atoms in total. The van der Waals surface area contributed by atoms with Gasteiger partial charge in [0, 0.05) is 12.6 Å². The number of fused-ring (bicyclic) bond motifs is 5. The van der Waals surface area contributed by atoms with E-state index in [0.29, 0.717) is 12.3 Å². The lowest BCUT2D eigenvalue weighted by Crippen LogP contribution is -2.19. The third-order valence-electron chi connectivity index (χ3n) is 6.24. The highest BCUT2D eigenvalue weighted by molar-refractivity contribution is 5.92. The van der Waals surface area contributed by atoms with Gasteiger partial charge in [-0.2, -0.15) is 0 Å². The summed E-state index contributed by atoms with van der Waals surface area (Å²) in [6.45, 7) is 0.627. The van der Waals surface area contributed by atoms with Crippen molar-refractivity contribution in [3.8, 4) is 5.75 Å². The highest BCUT2D eigenvalue weighted by Crippen LogP contribution is 2.18. The number of phenolic OH excluding ortho intramolecular Hbond substituents is 1. The normalized spacial score (nSPS) is 15.3. The number of nitrogens with one attached hydrogen (secondary N) is 1. The second-order valence-corrected chi connectivity index (χ2v) is 8.19. The Morgan fingerprint density at radius 1 is 0.839 bits per heavy atom. The first-order chi connectivity index (χ1) is 15.2. The molecule has 1 heterocycles. The number of aromatic hydroxyl groups is 1. The van der Waals surface area contributed by atoms with Crippen molar-refractivity contribution in [2.45, 2.75) is 32.2 Å². The Labute approximate surface area is 181 Å². The largest absolute Gasteiger partial charge is 0.508 e. The lowest BCUT2D eigenvalue weighted by Gasteiger charge is -2.16. The third kappa shape index (κ3) is 3.91. The van der Waals surface area contributed by atoms with Crippen molar-refractivity contribution in [3.63, 3.8) is 0 Å². The maximum Gasteiger partial charge on any atom is 0.244 e. The monoisotopic (exact) mass is 407 g/mol. The summed E-state index contributed by atoms with van der Waals surface area (Å²) in [7, 11) is 0. The van der Waals surface area contributed by atoms with Crippen LogP contribution in [0.25, 0.3) is 18.2 Å². The number of hydrogen-bond donors (Lipinski definition) is 2. The zero-order valence-electron chi connectivity index (χ0n) is 17.4. The fourth-order valence-electron chi connectivity index (χ4n) is 4.66. The molecular formula is C28H25NO2. The van der Waals surface area contributed by atoms with E-state index in [1.54, 1.807) is 17.7 Å². The maximum absolute atomic E-state index is 11.0. The second-order valence-electron chi connectivity index (χ2n) is 8.19. The van der Waals surface area contributed by atoms with Gasteiger partial charge in [-0.3, -0.25) is 4.79 Å². The highest BCUT2D eigenvalue weighted by Gasteiger charge is 2.11. The lowest BCUT2D eigenvalue weighted by molar-refractivity contribution is -0.116. The molecule has 0 aromatic heterocycles. The molecule has 0 atom stereocenters. The van der Waals surface area contributed by atoms with E-state index in [-0.39, 0.29) is 5.91 Å². The predicted octanol–water partition coefficient (Wildman–Crippen LogP) is 3.46. The van der Waals surface area contributed by atoms with Crippen molar-refractivity contribution in [1.82, 2.24) is 5.32 Å². The standard InChI is InChI=1S/C18H16O.C10H9NO/c19-14-7-10-16-13(11-14)6-9-17-15-4-2-1-3-12(15)5-8-18(16)17;12-10-6-5-8-3-1-2-4-9(8)7-11-10/h3,5-8,10-11,19H,1-2,4,9H2;1-6H,7H2,(H,11,12). The molecule has 31 heavy (non-hydrogen) atoms. The Morgan fingerprint density at radius 2 is 1.71 bits per heavy atom. The van der Waals surface area contributed by atoms with E-state index in [1.165, 1.54) is 46.0 Å². The maximum atomic E-state index is 11.0. The van der Waals surface area contributed by atoms with Crippen LogP contribution in [0.15, 0.2) is 60.7 Å². The molecule has 3 heteroatoms. The first-order valence-electron chi connectivity index (χ1n) is 10.9. The molecule has 0 bridgehead atoms. The van der Waals surface area contributed by atoms with Gasteiger partial charge in [0.05, 0.1) is 0 Å². The molecule has 0 saturated carbocycles. The van der Waals surface area contributed by atoms with Crippen LogP contribution in [0.2, 0.25) is 0 Å². The van der Waals surface area contributed by atoms with Gasteiger partial charge in [-0.25, -0.2) is 0 Å². The Hall–Kier alpha value is -3.59. The molecule has 2 N–H and O–H groups in total. The van der Waals surface area contributed by atoms with Gasteiger partial charge >= 0.3 is 0 Å². The van der Waals surface area contributed by atoms with Crippen LogP contribution in [0.3, 0.4) is 0 Å². The SMILES string of the molecule is O=C1C=Cc2ccccc2CN1.Oc1ccc2c(c1)=CCc1c3c(ccc1=2)=CCCC3. The third-order valence-corrected chi connectivity index (χ3v) is 6.24.